The Morgan fingerprint density at radius 3 is 2.65 bits per heavy atom. The fraction of sp³-hybridized carbons (Fsp3) is 0.385. The van der Waals surface area contributed by atoms with E-state index < -0.39 is 27.9 Å². The molecule has 2 heterocycles. The third-order valence-corrected chi connectivity index (χ3v) is 7.95. The van der Waals surface area contributed by atoms with E-state index in [1.807, 2.05) is 6.07 Å². The summed E-state index contributed by atoms with van der Waals surface area (Å²) in [4.78, 5) is 21.5. The van der Waals surface area contributed by atoms with Crippen molar-refractivity contribution in [2.24, 2.45) is 8.73 Å². The number of likely N-dealkylation sites (tertiary alicyclic amines) is 1. The number of nitrogens with zero attached hydrogens (tertiary/aromatic N) is 5. The van der Waals surface area contributed by atoms with Crippen molar-refractivity contribution < 1.29 is 31.4 Å². The summed E-state index contributed by atoms with van der Waals surface area (Å²) in [7, 11) is -0.0899. The smallest absolute Gasteiger partial charge is 0.260 e. The number of rotatable bonds is 11. The van der Waals surface area contributed by atoms with Crippen molar-refractivity contribution in [2.45, 2.75) is 18.6 Å². The Balaban J connectivity index is 1.57. The molecule has 1 aromatic heterocycles. The fourth-order valence-corrected chi connectivity index (χ4v) is 5.30. The third kappa shape index (κ3) is 7.53. The van der Waals surface area contributed by atoms with Crippen molar-refractivity contribution in [3.05, 3.63) is 60.3 Å². The summed E-state index contributed by atoms with van der Waals surface area (Å²) >= 11 is 0. The summed E-state index contributed by atoms with van der Waals surface area (Å²) in [5.41, 5.74) is 2.14. The number of amides is 1. The van der Waals surface area contributed by atoms with Crippen LogP contribution in [0, 0.1) is 0 Å². The Morgan fingerprint density at radius 2 is 1.93 bits per heavy atom. The normalized spacial score (nSPS) is 18.1. The second kappa shape index (κ2) is 14.0. The summed E-state index contributed by atoms with van der Waals surface area (Å²) < 4.78 is 47.3. The molecule has 3 aromatic rings. The zero-order valence-electron chi connectivity index (χ0n) is 22.4. The minimum absolute atomic E-state index is 0.248. The first-order valence-corrected chi connectivity index (χ1v) is 14.8. The van der Waals surface area contributed by atoms with Gasteiger partial charge in [0, 0.05) is 38.3 Å². The number of aliphatic hydroxyl groups is 1. The molecule has 0 spiro atoms. The van der Waals surface area contributed by atoms with Gasteiger partial charge in [-0.05, 0) is 48.4 Å². The Bertz CT molecular complexity index is 1520. The average molecular weight is 592 g/mol. The van der Waals surface area contributed by atoms with Gasteiger partial charge in [-0.3, -0.25) is 23.0 Å². The van der Waals surface area contributed by atoms with Gasteiger partial charge in [-0.15, -0.1) is 0 Å². The standard InChI is InChI=1S/C26H33N5O7S2/c1-30(23(16-31-13-11-20(32)15-31)18-6-4-7-19(14-18)28-39(34)36-2)25(33)17-38-24-10-9-22(29-40(35)37-3)26-21(24)8-5-12-27-26/h4-10,12,14,20,23,32,39-40H,11,13,15-17H2,1-3H3/t20-,23?/m0/s1. The fourth-order valence-electron chi connectivity index (χ4n) is 4.49. The van der Waals surface area contributed by atoms with Crippen LogP contribution in [0.25, 0.3) is 10.9 Å². The molecule has 1 N–H and O–H groups in total. The van der Waals surface area contributed by atoms with Crippen LogP contribution in [0.1, 0.15) is 18.0 Å². The molecule has 1 amide bonds. The maximum absolute atomic E-state index is 13.4. The number of aromatic nitrogens is 1. The maximum atomic E-state index is 13.4. The second-order valence-corrected chi connectivity index (χ2v) is 11.2. The van der Waals surface area contributed by atoms with E-state index in [1.165, 1.54) is 14.2 Å². The number of likely N-dealkylation sites (N-methyl/N-ethyl adjacent to an activating group) is 1. The lowest BCUT2D eigenvalue weighted by atomic mass is 10.0. The number of benzene rings is 2. The largest absolute Gasteiger partial charge is 0.483 e. The molecule has 12 nitrogen and oxygen atoms in total. The Kier molecular flexibility index (Phi) is 10.4. The highest BCUT2D eigenvalue weighted by atomic mass is 32.2. The SMILES string of the molecule is CO[SH](=O)=Nc1cccc(C(CN2CC[C@H](O)C2)N(C)C(=O)COc2ccc(N=[SH](=O)OC)c3ncccc23)c1. The lowest BCUT2D eigenvalue weighted by Gasteiger charge is -2.32. The molecule has 1 aliphatic heterocycles. The number of ether oxygens (including phenoxy) is 1. The summed E-state index contributed by atoms with van der Waals surface area (Å²) in [6.45, 7) is 1.46. The maximum Gasteiger partial charge on any atom is 0.260 e. The summed E-state index contributed by atoms with van der Waals surface area (Å²) in [6, 6.07) is 13.6. The molecule has 1 aliphatic rings. The molecule has 1 saturated heterocycles. The lowest BCUT2D eigenvalue weighted by Crippen LogP contribution is -2.40. The van der Waals surface area contributed by atoms with Gasteiger partial charge in [-0.2, -0.15) is 8.73 Å². The number of pyridine rings is 1. The number of thiol groups is 2. The van der Waals surface area contributed by atoms with E-state index >= 15 is 0 Å². The number of aliphatic hydroxyl groups excluding tert-OH is 1. The summed E-state index contributed by atoms with van der Waals surface area (Å²) in [5.74, 6) is 0.156. The number of carbonyl (C=O) groups is 1. The van der Waals surface area contributed by atoms with Gasteiger partial charge >= 0.3 is 0 Å². The van der Waals surface area contributed by atoms with E-state index in [2.05, 4.69) is 18.6 Å². The van der Waals surface area contributed by atoms with Crippen LogP contribution >= 0.6 is 0 Å². The van der Waals surface area contributed by atoms with E-state index in [0.717, 1.165) is 5.56 Å². The number of hydrogen-bond acceptors (Lipinski definition) is 11. The minimum atomic E-state index is -2.23. The molecule has 0 aliphatic carbocycles. The van der Waals surface area contributed by atoms with Crippen molar-refractivity contribution in [1.29, 1.82) is 0 Å². The summed E-state index contributed by atoms with van der Waals surface area (Å²) in [5, 5.41) is 10.7. The van der Waals surface area contributed by atoms with Crippen molar-refractivity contribution in [1.82, 2.24) is 14.8 Å². The monoisotopic (exact) mass is 591 g/mol. The van der Waals surface area contributed by atoms with Crippen LogP contribution in [0.2, 0.25) is 0 Å². The van der Waals surface area contributed by atoms with Crippen molar-refractivity contribution in [3.63, 3.8) is 0 Å². The van der Waals surface area contributed by atoms with Gasteiger partial charge in [-0.1, -0.05) is 12.1 Å². The van der Waals surface area contributed by atoms with Crippen LogP contribution in [-0.4, -0.2) is 87.8 Å². The molecular weight excluding hydrogens is 558 g/mol. The predicted molar refractivity (Wildman–Crippen MR) is 154 cm³/mol. The third-order valence-electron chi connectivity index (χ3n) is 6.55. The molecule has 40 heavy (non-hydrogen) atoms. The molecule has 14 heteroatoms. The second-order valence-electron chi connectivity index (χ2n) is 9.13. The highest BCUT2D eigenvalue weighted by molar-refractivity contribution is 7.70. The molecule has 4 rings (SSSR count). The molecular formula is C26H33N5O7S2. The lowest BCUT2D eigenvalue weighted by molar-refractivity contribution is -0.134. The minimum Gasteiger partial charge on any atom is -0.483 e. The van der Waals surface area contributed by atoms with E-state index in [9.17, 15) is 18.3 Å². The molecule has 3 unspecified atom stereocenters. The highest BCUT2D eigenvalue weighted by Gasteiger charge is 2.28. The van der Waals surface area contributed by atoms with Crippen LogP contribution < -0.4 is 4.74 Å². The first kappa shape index (κ1) is 29.8. The Labute approximate surface area is 236 Å². The molecule has 0 radical (unpaired) electrons. The number of carbonyl (C=O) groups excluding carboxylic acids is 1. The van der Waals surface area contributed by atoms with E-state index in [0.29, 0.717) is 54.1 Å². The van der Waals surface area contributed by atoms with Gasteiger partial charge in [0.2, 0.25) is 0 Å². The molecule has 1 fully saturated rings. The summed E-state index contributed by atoms with van der Waals surface area (Å²) in [6.07, 6.45) is 1.85. The van der Waals surface area contributed by atoms with Crippen LogP contribution in [0.3, 0.4) is 0 Å². The van der Waals surface area contributed by atoms with Gasteiger partial charge in [0.25, 0.3) is 5.91 Å². The van der Waals surface area contributed by atoms with Gasteiger partial charge in [-0.25, -0.2) is 8.42 Å². The molecule has 0 bridgehead atoms. The van der Waals surface area contributed by atoms with Gasteiger partial charge in [0.1, 0.15) is 17.0 Å². The van der Waals surface area contributed by atoms with Crippen LogP contribution in [0.15, 0.2) is 63.5 Å². The molecule has 4 atom stereocenters. The Morgan fingerprint density at radius 1 is 1.15 bits per heavy atom. The van der Waals surface area contributed by atoms with Crippen molar-refractivity contribution in [3.8, 4) is 5.75 Å². The van der Waals surface area contributed by atoms with Gasteiger partial charge < -0.3 is 14.7 Å². The highest BCUT2D eigenvalue weighted by Crippen LogP contribution is 2.32. The van der Waals surface area contributed by atoms with Crippen LogP contribution in [0.5, 0.6) is 5.75 Å². The van der Waals surface area contributed by atoms with E-state index in [4.69, 9.17) is 13.1 Å². The van der Waals surface area contributed by atoms with Gasteiger partial charge in [0.05, 0.1) is 32.1 Å². The topological polar surface area (TPSA) is 143 Å². The number of β-amino-alcohol motifs (C(OH)–C–C–N with tert-alkyl or cyclic N) is 1. The molecule has 2 aromatic carbocycles. The molecule has 0 saturated carbocycles. The number of hydrogen-bond donors (Lipinski definition) is 3. The quantitative estimate of drug-likeness (QED) is 0.287. The van der Waals surface area contributed by atoms with Crippen LogP contribution in [0.4, 0.5) is 11.4 Å². The average Bonchev–Trinajstić information content (AvgIpc) is 3.39. The van der Waals surface area contributed by atoms with Crippen LogP contribution in [-0.2, 0) is 34.9 Å². The van der Waals surface area contributed by atoms with E-state index in [-0.39, 0.29) is 18.6 Å². The predicted octanol–water partition coefficient (Wildman–Crippen LogP) is 2.59. The van der Waals surface area contributed by atoms with Gasteiger partial charge in [0.15, 0.2) is 28.4 Å². The first-order chi connectivity index (χ1) is 19.3. The zero-order chi connectivity index (χ0) is 28.6. The van der Waals surface area contributed by atoms with E-state index in [1.54, 1.807) is 60.6 Å². The van der Waals surface area contributed by atoms with Crippen molar-refractivity contribution in [2.75, 3.05) is 47.5 Å². The zero-order valence-corrected chi connectivity index (χ0v) is 24.2. The number of fused-ring (bicyclic) bond motifs is 1. The molecule has 216 valence electrons. The Hall–Kier alpha value is -3.14. The first-order valence-electron chi connectivity index (χ1n) is 12.5. The van der Waals surface area contributed by atoms with Crippen molar-refractivity contribution >= 4 is 49.9 Å².